The molecule has 0 bridgehead atoms. The zero-order valence-electron chi connectivity index (χ0n) is 10.9. The van der Waals surface area contributed by atoms with Crippen molar-refractivity contribution in [3.63, 3.8) is 0 Å². The first kappa shape index (κ1) is 12.9. The highest BCUT2D eigenvalue weighted by Crippen LogP contribution is 2.23. The van der Waals surface area contributed by atoms with Gasteiger partial charge in [0.2, 0.25) is 0 Å². The van der Waals surface area contributed by atoms with Crippen LogP contribution in [-0.2, 0) is 9.47 Å². The molecule has 18 heavy (non-hydrogen) atoms. The van der Waals surface area contributed by atoms with E-state index in [-0.39, 0.29) is 17.8 Å². The van der Waals surface area contributed by atoms with E-state index in [1.54, 1.807) is 6.92 Å². The van der Waals surface area contributed by atoms with Crippen LogP contribution in [0.3, 0.4) is 0 Å². The Morgan fingerprint density at radius 2 is 2.44 bits per heavy atom. The summed E-state index contributed by atoms with van der Waals surface area (Å²) in [6, 6.07) is 0.638. The number of carbonyl (C=O) groups is 1. The van der Waals surface area contributed by atoms with Crippen molar-refractivity contribution in [2.45, 2.75) is 32.4 Å². The monoisotopic (exact) mass is 254 g/mol. The lowest BCUT2D eigenvalue weighted by Gasteiger charge is -2.24. The van der Waals surface area contributed by atoms with Crippen LogP contribution in [0.5, 0.6) is 0 Å². The molecule has 0 amide bonds. The summed E-state index contributed by atoms with van der Waals surface area (Å²) >= 11 is 0. The van der Waals surface area contributed by atoms with Crippen molar-refractivity contribution in [3.05, 3.63) is 12.0 Å². The number of hydrogen-bond acceptors (Lipinski definition) is 6. The first-order valence-electron chi connectivity index (χ1n) is 6.10. The molecule has 1 fully saturated rings. The molecule has 1 aliphatic rings. The standard InChI is InChI=1S/C12H18N2O4/c1-4-16-11(15)9-7-18-12(13-9)14(3)10-5-6-17-8(10)2/h7-8,10H,4-6H2,1-3H3. The van der Waals surface area contributed by atoms with Gasteiger partial charge in [-0.25, -0.2) is 4.79 Å². The maximum Gasteiger partial charge on any atom is 0.360 e. The van der Waals surface area contributed by atoms with Crippen molar-refractivity contribution in [3.8, 4) is 0 Å². The minimum atomic E-state index is -0.461. The van der Waals surface area contributed by atoms with Gasteiger partial charge in [-0.05, 0) is 20.3 Å². The van der Waals surface area contributed by atoms with Crippen LogP contribution in [0, 0.1) is 0 Å². The van der Waals surface area contributed by atoms with Crippen molar-refractivity contribution in [1.29, 1.82) is 0 Å². The molecule has 0 aromatic carbocycles. The zero-order valence-corrected chi connectivity index (χ0v) is 10.9. The number of oxazole rings is 1. The number of esters is 1. The maximum atomic E-state index is 11.5. The summed E-state index contributed by atoms with van der Waals surface area (Å²) in [5, 5.41) is 0. The third-order valence-corrected chi connectivity index (χ3v) is 3.11. The van der Waals surface area contributed by atoms with Crippen LogP contribution in [0.25, 0.3) is 0 Å². The smallest absolute Gasteiger partial charge is 0.360 e. The molecule has 1 saturated heterocycles. The van der Waals surface area contributed by atoms with Gasteiger partial charge in [-0.15, -0.1) is 0 Å². The van der Waals surface area contributed by atoms with Crippen LogP contribution in [0.1, 0.15) is 30.8 Å². The van der Waals surface area contributed by atoms with Crippen molar-refractivity contribution in [2.75, 3.05) is 25.2 Å². The van der Waals surface area contributed by atoms with E-state index >= 15 is 0 Å². The second-order valence-electron chi connectivity index (χ2n) is 4.28. The Balaban J connectivity index is 2.07. The highest BCUT2D eigenvalue weighted by Gasteiger charge is 2.30. The number of rotatable bonds is 4. The summed E-state index contributed by atoms with van der Waals surface area (Å²) in [7, 11) is 1.89. The molecule has 2 atom stereocenters. The first-order chi connectivity index (χ1) is 8.63. The van der Waals surface area contributed by atoms with E-state index in [1.807, 2.05) is 18.9 Å². The number of carbonyl (C=O) groups excluding carboxylic acids is 1. The molecule has 1 aliphatic heterocycles. The topological polar surface area (TPSA) is 64.8 Å². The molecule has 0 radical (unpaired) electrons. The number of ether oxygens (including phenoxy) is 2. The molecule has 2 unspecified atom stereocenters. The molecule has 100 valence electrons. The summed E-state index contributed by atoms with van der Waals surface area (Å²) < 4.78 is 15.7. The zero-order chi connectivity index (χ0) is 13.1. The molecule has 1 aromatic heterocycles. The van der Waals surface area contributed by atoms with E-state index < -0.39 is 5.97 Å². The molecule has 6 nitrogen and oxygen atoms in total. The Labute approximate surface area is 106 Å². The second-order valence-corrected chi connectivity index (χ2v) is 4.28. The number of hydrogen-bond donors (Lipinski definition) is 0. The highest BCUT2D eigenvalue weighted by molar-refractivity contribution is 5.87. The molecule has 6 heteroatoms. The largest absolute Gasteiger partial charge is 0.461 e. The molecule has 0 spiro atoms. The van der Waals surface area contributed by atoms with Gasteiger partial charge >= 0.3 is 5.97 Å². The van der Waals surface area contributed by atoms with Crippen LogP contribution in [0.4, 0.5) is 6.01 Å². The molecular weight excluding hydrogens is 236 g/mol. The predicted molar refractivity (Wildman–Crippen MR) is 64.7 cm³/mol. The van der Waals surface area contributed by atoms with E-state index in [9.17, 15) is 4.79 Å². The van der Waals surface area contributed by atoms with Crippen LogP contribution >= 0.6 is 0 Å². The molecule has 1 aromatic rings. The SMILES string of the molecule is CCOC(=O)c1coc(N(C)C2CCOC2C)n1. The maximum absolute atomic E-state index is 11.5. The lowest BCUT2D eigenvalue weighted by Crippen LogP contribution is -2.37. The van der Waals surface area contributed by atoms with E-state index in [1.165, 1.54) is 6.26 Å². The molecular formula is C12H18N2O4. The second kappa shape index (κ2) is 5.39. The Morgan fingerprint density at radius 1 is 1.67 bits per heavy atom. The van der Waals surface area contributed by atoms with Crippen LogP contribution in [-0.4, -0.2) is 43.4 Å². The van der Waals surface area contributed by atoms with Gasteiger partial charge in [0.05, 0.1) is 18.8 Å². The fourth-order valence-electron chi connectivity index (χ4n) is 2.10. The van der Waals surface area contributed by atoms with Gasteiger partial charge in [-0.1, -0.05) is 0 Å². The van der Waals surface area contributed by atoms with Crippen molar-refractivity contribution < 1.29 is 18.7 Å². The predicted octanol–water partition coefficient (Wildman–Crippen LogP) is 1.46. The normalized spacial score (nSPS) is 23.1. The Kier molecular flexibility index (Phi) is 3.86. The van der Waals surface area contributed by atoms with Gasteiger partial charge < -0.3 is 18.8 Å². The fraction of sp³-hybridized carbons (Fsp3) is 0.667. The Morgan fingerprint density at radius 3 is 3.06 bits per heavy atom. The average Bonchev–Trinajstić information content (AvgIpc) is 2.97. The van der Waals surface area contributed by atoms with E-state index in [0.29, 0.717) is 12.6 Å². The Hall–Kier alpha value is -1.56. The van der Waals surface area contributed by atoms with Crippen molar-refractivity contribution in [1.82, 2.24) is 4.98 Å². The van der Waals surface area contributed by atoms with Gasteiger partial charge in [0.1, 0.15) is 6.26 Å². The van der Waals surface area contributed by atoms with Gasteiger partial charge in [0.15, 0.2) is 5.69 Å². The van der Waals surface area contributed by atoms with E-state index in [0.717, 1.165) is 13.0 Å². The fourth-order valence-corrected chi connectivity index (χ4v) is 2.10. The Bertz CT molecular complexity index is 418. The lowest BCUT2D eigenvalue weighted by molar-refractivity contribution is 0.0519. The van der Waals surface area contributed by atoms with E-state index in [4.69, 9.17) is 13.9 Å². The average molecular weight is 254 g/mol. The molecule has 2 rings (SSSR count). The molecule has 2 heterocycles. The van der Waals surface area contributed by atoms with Crippen LogP contribution < -0.4 is 4.90 Å². The number of nitrogens with zero attached hydrogens (tertiary/aromatic N) is 2. The molecule has 0 aliphatic carbocycles. The van der Waals surface area contributed by atoms with Gasteiger partial charge in [-0.2, -0.15) is 4.98 Å². The highest BCUT2D eigenvalue weighted by atomic mass is 16.5. The summed E-state index contributed by atoms with van der Waals surface area (Å²) in [6.45, 7) is 4.83. The van der Waals surface area contributed by atoms with Gasteiger partial charge in [0.25, 0.3) is 6.01 Å². The lowest BCUT2D eigenvalue weighted by atomic mass is 10.1. The summed E-state index contributed by atoms with van der Waals surface area (Å²) in [5.41, 5.74) is 0.199. The first-order valence-corrected chi connectivity index (χ1v) is 6.10. The van der Waals surface area contributed by atoms with Crippen molar-refractivity contribution >= 4 is 12.0 Å². The van der Waals surface area contributed by atoms with Gasteiger partial charge in [-0.3, -0.25) is 0 Å². The number of likely N-dealkylation sites (N-methyl/N-ethyl adjacent to an activating group) is 1. The van der Waals surface area contributed by atoms with Gasteiger partial charge in [0, 0.05) is 13.7 Å². The summed E-state index contributed by atoms with van der Waals surface area (Å²) in [5.74, 6) is -0.461. The molecule has 0 N–H and O–H groups in total. The van der Waals surface area contributed by atoms with Crippen molar-refractivity contribution in [2.24, 2.45) is 0 Å². The third kappa shape index (κ3) is 2.48. The minimum Gasteiger partial charge on any atom is -0.461 e. The minimum absolute atomic E-state index is 0.132. The van der Waals surface area contributed by atoms with Crippen LogP contribution in [0.15, 0.2) is 10.7 Å². The third-order valence-electron chi connectivity index (χ3n) is 3.11. The number of aromatic nitrogens is 1. The summed E-state index contributed by atoms with van der Waals surface area (Å²) in [6.07, 6.45) is 2.38. The summed E-state index contributed by atoms with van der Waals surface area (Å²) in [4.78, 5) is 17.5. The quantitative estimate of drug-likeness (QED) is 0.758. The number of anilines is 1. The molecule has 0 saturated carbocycles. The van der Waals surface area contributed by atoms with E-state index in [2.05, 4.69) is 4.98 Å². The van der Waals surface area contributed by atoms with Crippen LogP contribution in [0.2, 0.25) is 0 Å².